The fraction of sp³-hybridized carbons (Fsp3) is 0.375. The molecule has 0 spiro atoms. The Balaban J connectivity index is 1.55. The summed E-state index contributed by atoms with van der Waals surface area (Å²) in [5.41, 5.74) is 3.70. The van der Waals surface area contributed by atoms with Crippen LogP contribution in [0.25, 0.3) is 17.2 Å². The summed E-state index contributed by atoms with van der Waals surface area (Å²) >= 11 is 0. The lowest BCUT2D eigenvalue weighted by atomic mass is 9.82. The van der Waals surface area contributed by atoms with Crippen LogP contribution in [0.5, 0.6) is 0 Å². The summed E-state index contributed by atoms with van der Waals surface area (Å²) < 4.78 is 0. The molecule has 0 unspecified atom stereocenters. The molecule has 0 amide bonds. The highest BCUT2D eigenvalue weighted by molar-refractivity contribution is 5.75. The second kappa shape index (κ2) is 9.52. The number of benzene rings is 2. The van der Waals surface area contributed by atoms with Gasteiger partial charge in [-0.3, -0.25) is 4.79 Å². The summed E-state index contributed by atoms with van der Waals surface area (Å²) in [6, 6.07) is 18.9. The van der Waals surface area contributed by atoms with E-state index < -0.39 is 5.97 Å². The third-order valence-corrected chi connectivity index (χ3v) is 5.56. The van der Waals surface area contributed by atoms with Crippen LogP contribution in [-0.2, 0) is 4.79 Å². The zero-order valence-corrected chi connectivity index (χ0v) is 16.1. The second-order valence-electron chi connectivity index (χ2n) is 7.54. The van der Waals surface area contributed by atoms with E-state index in [4.69, 9.17) is 0 Å². The Morgan fingerprint density at radius 2 is 1.89 bits per heavy atom. The molecular formula is C24H29NO2. The molecule has 1 heterocycles. The molecule has 27 heavy (non-hydrogen) atoms. The monoisotopic (exact) mass is 363 g/mol. The SMILES string of the molecule is CN1CC[C@H](CCC/C=C/c2ccccc2-c2ccccc2)[C@@H](C(=O)O)C1. The number of nitrogens with zero attached hydrogens (tertiary/aromatic N) is 1. The van der Waals surface area contributed by atoms with E-state index in [1.54, 1.807) is 0 Å². The number of rotatable bonds is 7. The predicted octanol–water partition coefficient (Wildman–Crippen LogP) is 5.19. The van der Waals surface area contributed by atoms with Crippen molar-refractivity contribution in [2.24, 2.45) is 11.8 Å². The van der Waals surface area contributed by atoms with Crippen molar-refractivity contribution in [2.45, 2.75) is 25.7 Å². The molecule has 3 rings (SSSR count). The number of likely N-dealkylation sites (tertiary alicyclic amines) is 1. The largest absolute Gasteiger partial charge is 0.481 e. The van der Waals surface area contributed by atoms with Gasteiger partial charge in [-0.05, 0) is 61.9 Å². The number of hydrogen-bond donors (Lipinski definition) is 1. The molecule has 2 atom stereocenters. The quantitative estimate of drug-likeness (QED) is 0.688. The molecule has 2 aromatic carbocycles. The van der Waals surface area contributed by atoms with E-state index in [1.807, 2.05) is 13.1 Å². The zero-order chi connectivity index (χ0) is 19.1. The van der Waals surface area contributed by atoms with Crippen LogP contribution < -0.4 is 0 Å². The van der Waals surface area contributed by atoms with Crippen molar-refractivity contribution < 1.29 is 9.90 Å². The number of allylic oxidation sites excluding steroid dienone is 1. The smallest absolute Gasteiger partial charge is 0.308 e. The van der Waals surface area contributed by atoms with Crippen molar-refractivity contribution in [3.63, 3.8) is 0 Å². The maximum absolute atomic E-state index is 11.5. The minimum Gasteiger partial charge on any atom is -0.481 e. The Morgan fingerprint density at radius 1 is 1.15 bits per heavy atom. The molecule has 0 radical (unpaired) electrons. The van der Waals surface area contributed by atoms with E-state index in [0.29, 0.717) is 12.5 Å². The highest BCUT2D eigenvalue weighted by Gasteiger charge is 2.32. The normalized spacial score (nSPS) is 20.8. The average Bonchev–Trinajstić information content (AvgIpc) is 2.69. The zero-order valence-electron chi connectivity index (χ0n) is 16.1. The van der Waals surface area contributed by atoms with Gasteiger partial charge in [-0.2, -0.15) is 0 Å². The van der Waals surface area contributed by atoms with Crippen LogP contribution in [0.4, 0.5) is 0 Å². The van der Waals surface area contributed by atoms with Crippen molar-refractivity contribution in [3.8, 4) is 11.1 Å². The molecule has 0 saturated carbocycles. The van der Waals surface area contributed by atoms with Gasteiger partial charge in [-0.15, -0.1) is 0 Å². The third kappa shape index (κ3) is 5.30. The summed E-state index contributed by atoms with van der Waals surface area (Å²) in [6.07, 6.45) is 8.45. The molecule has 0 aliphatic carbocycles. The number of carbonyl (C=O) groups is 1. The standard InChI is InChI=1S/C24H29NO2/c1-25-17-16-21(23(18-25)24(26)27)13-7-3-6-12-20-14-8-9-15-22(20)19-10-4-2-5-11-19/h2,4-6,8-12,14-15,21,23H,3,7,13,16-18H2,1H3,(H,26,27)/b12-6+/t21-,23-/m0/s1. The Morgan fingerprint density at radius 3 is 2.67 bits per heavy atom. The van der Waals surface area contributed by atoms with Crippen molar-refractivity contribution in [1.82, 2.24) is 4.90 Å². The summed E-state index contributed by atoms with van der Waals surface area (Å²) in [5, 5.41) is 9.48. The molecule has 1 aliphatic rings. The van der Waals surface area contributed by atoms with Crippen LogP contribution in [0, 0.1) is 11.8 Å². The van der Waals surface area contributed by atoms with Gasteiger partial charge in [0.1, 0.15) is 0 Å². The lowest BCUT2D eigenvalue weighted by Crippen LogP contribution is -2.41. The first kappa shape index (κ1) is 19.4. The van der Waals surface area contributed by atoms with Crippen molar-refractivity contribution in [2.75, 3.05) is 20.1 Å². The lowest BCUT2D eigenvalue weighted by molar-refractivity contribution is -0.146. The molecule has 0 aromatic heterocycles. The Hall–Kier alpha value is -2.39. The molecule has 1 fully saturated rings. The van der Waals surface area contributed by atoms with Crippen LogP contribution in [0.2, 0.25) is 0 Å². The van der Waals surface area contributed by atoms with Gasteiger partial charge in [-0.1, -0.05) is 66.7 Å². The van der Waals surface area contributed by atoms with Gasteiger partial charge in [0.05, 0.1) is 5.92 Å². The molecule has 3 nitrogen and oxygen atoms in total. The molecule has 2 aromatic rings. The van der Waals surface area contributed by atoms with Crippen molar-refractivity contribution in [3.05, 3.63) is 66.2 Å². The molecule has 142 valence electrons. The van der Waals surface area contributed by atoms with E-state index in [9.17, 15) is 9.90 Å². The third-order valence-electron chi connectivity index (χ3n) is 5.56. The highest BCUT2D eigenvalue weighted by Crippen LogP contribution is 2.28. The number of carboxylic acids is 1. The first-order valence-corrected chi connectivity index (χ1v) is 9.87. The van der Waals surface area contributed by atoms with Crippen molar-refractivity contribution >= 4 is 12.0 Å². The molecule has 1 saturated heterocycles. The van der Waals surface area contributed by atoms with Crippen LogP contribution in [-0.4, -0.2) is 36.1 Å². The van der Waals surface area contributed by atoms with Gasteiger partial charge in [-0.25, -0.2) is 0 Å². The Labute approximate surface area is 162 Å². The number of piperidine rings is 1. The van der Waals surface area contributed by atoms with E-state index in [-0.39, 0.29) is 5.92 Å². The fourth-order valence-corrected chi connectivity index (χ4v) is 4.02. The maximum atomic E-state index is 11.5. The minimum atomic E-state index is -0.640. The summed E-state index contributed by atoms with van der Waals surface area (Å²) in [5.74, 6) is -0.547. The predicted molar refractivity (Wildman–Crippen MR) is 111 cm³/mol. The van der Waals surface area contributed by atoms with Crippen LogP contribution >= 0.6 is 0 Å². The number of aliphatic carboxylic acids is 1. The minimum absolute atomic E-state index is 0.216. The first-order valence-electron chi connectivity index (χ1n) is 9.87. The van der Waals surface area contributed by atoms with E-state index >= 15 is 0 Å². The Kier molecular flexibility index (Phi) is 6.83. The highest BCUT2D eigenvalue weighted by atomic mass is 16.4. The van der Waals surface area contributed by atoms with Gasteiger partial charge in [0.15, 0.2) is 0 Å². The van der Waals surface area contributed by atoms with E-state index in [0.717, 1.165) is 32.2 Å². The number of unbranched alkanes of at least 4 members (excludes halogenated alkanes) is 1. The second-order valence-corrected chi connectivity index (χ2v) is 7.54. The first-order chi connectivity index (χ1) is 13.1. The van der Waals surface area contributed by atoms with Gasteiger partial charge >= 0.3 is 5.97 Å². The van der Waals surface area contributed by atoms with Gasteiger partial charge in [0.25, 0.3) is 0 Å². The number of carboxylic acid groups (broad SMARTS) is 1. The molecule has 1 N–H and O–H groups in total. The van der Waals surface area contributed by atoms with Gasteiger partial charge in [0, 0.05) is 6.54 Å². The van der Waals surface area contributed by atoms with E-state index in [1.165, 1.54) is 16.7 Å². The van der Waals surface area contributed by atoms with Crippen LogP contribution in [0.15, 0.2) is 60.7 Å². The summed E-state index contributed by atoms with van der Waals surface area (Å²) in [4.78, 5) is 13.7. The summed E-state index contributed by atoms with van der Waals surface area (Å²) in [7, 11) is 2.01. The Bertz CT molecular complexity index is 769. The van der Waals surface area contributed by atoms with Crippen LogP contribution in [0.1, 0.15) is 31.2 Å². The van der Waals surface area contributed by atoms with Gasteiger partial charge in [0.2, 0.25) is 0 Å². The fourth-order valence-electron chi connectivity index (χ4n) is 4.02. The molecule has 0 bridgehead atoms. The summed E-state index contributed by atoms with van der Waals surface area (Å²) in [6.45, 7) is 1.69. The molecule has 1 aliphatic heterocycles. The lowest BCUT2D eigenvalue weighted by Gasteiger charge is -2.34. The average molecular weight is 364 g/mol. The van der Waals surface area contributed by atoms with Gasteiger partial charge < -0.3 is 10.0 Å². The van der Waals surface area contributed by atoms with E-state index in [2.05, 4.69) is 65.6 Å². The maximum Gasteiger partial charge on any atom is 0.308 e. The number of hydrogen-bond acceptors (Lipinski definition) is 2. The molecular weight excluding hydrogens is 334 g/mol. The topological polar surface area (TPSA) is 40.5 Å². The molecule has 3 heteroatoms. The van der Waals surface area contributed by atoms with Crippen molar-refractivity contribution in [1.29, 1.82) is 0 Å². The van der Waals surface area contributed by atoms with Crippen LogP contribution in [0.3, 0.4) is 0 Å².